The van der Waals surface area contributed by atoms with Crippen molar-refractivity contribution in [3.8, 4) is 0 Å². The number of hydrogen-bond acceptors (Lipinski definition) is 3. The lowest BCUT2D eigenvalue weighted by atomic mass is 10.3. The molecule has 0 aliphatic rings. The van der Waals surface area contributed by atoms with E-state index < -0.39 is 20.7 Å². The van der Waals surface area contributed by atoms with E-state index in [0.29, 0.717) is 5.57 Å². The summed E-state index contributed by atoms with van der Waals surface area (Å²) in [6.07, 6.45) is 0. The zero-order valence-corrected chi connectivity index (χ0v) is 10.7. The van der Waals surface area contributed by atoms with Gasteiger partial charge in [-0.05, 0) is 19.1 Å². The second-order valence-electron chi connectivity index (χ2n) is 3.60. The molecule has 0 atom stereocenters. The van der Waals surface area contributed by atoms with Crippen molar-refractivity contribution in [2.75, 3.05) is 12.3 Å². The van der Waals surface area contributed by atoms with Crippen LogP contribution in [0.5, 0.6) is 0 Å². The Labute approximate surface area is 104 Å². The number of hydrogen-bond donors (Lipinski definition) is 2. The molecule has 3 N–H and O–H groups in total. The van der Waals surface area contributed by atoms with Gasteiger partial charge in [0.15, 0.2) is 5.82 Å². The minimum Gasteiger partial charge on any atom is -0.399 e. The maximum atomic E-state index is 13.6. The third-order valence-corrected chi connectivity index (χ3v) is 3.55. The maximum Gasteiger partial charge on any atom is 0.243 e. The van der Waals surface area contributed by atoms with Crippen molar-refractivity contribution in [1.82, 2.24) is 4.72 Å². The maximum absolute atomic E-state index is 13.6. The smallest absolute Gasteiger partial charge is 0.243 e. The number of sulfonamides is 1. The first kappa shape index (κ1) is 14.0. The van der Waals surface area contributed by atoms with Crippen molar-refractivity contribution in [3.05, 3.63) is 35.1 Å². The van der Waals surface area contributed by atoms with Gasteiger partial charge >= 0.3 is 0 Å². The number of rotatable bonds is 4. The van der Waals surface area contributed by atoms with E-state index >= 15 is 0 Å². The molecule has 4 nitrogen and oxygen atoms in total. The molecule has 1 aromatic rings. The summed E-state index contributed by atoms with van der Waals surface area (Å²) < 4.78 is 39.3. The van der Waals surface area contributed by atoms with Crippen LogP contribution in [0, 0.1) is 5.82 Å². The van der Waals surface area contributed by atoms with Crippen LogP contribution in [0.25, 0.3) is 0 Å². The zero-order valence-electron chi connectivity index (χ0n) is 9.13. The summed E-state index contributed by atoms with van der Waals surface area (Å²) in [7, 11) is -3.98. The average Bonchev–Trinajstić information content (AvgIpc) is 2.20. The SMILES string of the molecule is C=C(C)CNS(=O)(=O)c1cc(N)cc(Cl)c1F. The van der Waals surface area contributed by atoms with E-state index in [1.165, 1.54) is 0 Å². The molecule has 0 unspecified atom stereocenters. The van der Waals surface area contributed by atoms with Crippen molar-refractivity contribution in [1.29, 1.82) is 0 Å². The molecule has 0 heterocycles. The number of benzene rings is 1. The third kappa shape index (κ3) is 3.42. The van der Waals surface area contributed by atoms with E-state index in [-0.39, 0.29) is 17.3 Å². The normalized spacial score (nSPS) is 11.5. The van der Waals surface area contributed by atoms with Crippen LogP contribution < -0.4 is 10.5 Å². The fraction of sp³-hybridized carbons (Fsp3) is 0.200. The first-order valence-electron chi connectivity index (χ1n) is 4.62. The fourth-order valence-electron chi connectivity index (χ4n) is 1.08. The molecule has 7 heteroatoms. The Hall–Kier alpha value is -1.11. The molecule has 1 rings (SSSR count). The Bertz CT molecular complexity index is 558. The van der Waals surface area contributed by atoms with Crippen LogP contribution in [0.3, 0.4) is 0 Å². The van der Waals surface area contributed by atoms with Crippen LogP contribution in [-0.4, -0.2) is 15.0 Å². The van der Waals surface area contributed by atoms with Crippen LogP contribution in [0.15, 0.2) is 29.2 Å². The lowest BCUT2D eigenvalue weighted by molar-refractivity contribution is 0.559. The monoisotopic (exact) mass is 278 g/mol. The van der Waals surface area contributed by atoms with E-state index in [4.69, 9.17) is 17.3 Å². The van der Waals surface area contributed by atoms with Crippen molar-refractivity contribution >= 4 is 27.3 Å². The molecule has 94 valence electrons. The third-order valence-electron chi connectivity index (χ3n) is 1.87. The van der Waals surface area contributed by atoms with Crippen molar-refractivity contribution in [2.45, 2.75) is 11.8 Å². The first-order valence-corrected chi connectivity index (χ1v) is 6.48. The molecular weight excluding hydrogens is 267 g/mol. The predicted octanol–water partition coefficient (Wildman–Crippen LogP) is 1.92. The highest BCUT2D eigenvalue weighted by Gasteiger charge is 2.21. The summed E-state index contributed by atoms with van der Waals surface area (Å²) in [5.74, 6) is -1.02. The van der Waals surface area contributed by atoms with Crippen LogP contribution >= 0.6 is 11.6 Å². The summed E-state index contributed by atoms with van der Waals surface area (Å²) in [4.78, 5) is -0.566. The fourth-order valence-corrected chi connectivity index (χ4v) is 2.59. The number of nitrogens with two attached hydrogens (primary N) is 1. The van der Waals surface area contributed by atoms with E-state index in [0.717, 1.165) is 12.1 Å². The van der Waals surface area contributed by atoms with Crippen LogP contribution in [0.4, 0.5) is 10.1 Å². The number of nitrogen functional groups attached to an aromatic ring is 1. The Balaban J connectivity index is 3.19. The number of nitrogens with one attached hydrogen (secondary N) is 1. The predicted molar refractivity (Wildman–Crippen MR) is 65.8 cm³/mol. The van der Waals surface area contributed by atoms with Crippen molar-refractivity contribution in [3.63, 3.8) is 0 Å². The summed E-state index contributed by atoms with van der Waals surface area (Å²) in [6, 6.07) is 2.16. The first-order chi connectivity index (χ1) is 7.74. The highest BCUT2D eigenvalue weighted by molar-refractivity contribution is 7.89. The highest BCUT2D eigenvalue weighted by atomic mass is 35.5. The Kier molecular flexibility index (Phi) is 4.13. The molecule has 0 bridgehead atoms. The lowest BCUT2D eigenvalue weighted by Crippen LogP contribution is -2.26. The average molecular weight is 279 g/mol. The molecule has 0 saturated carbocycles. The largest absolute Gasteiger partial charge is 0.399 e. The van der Waals surface area contributed by atoms with Gasteiger partial charge in [0.25, 0.3) is 0 Å². The topological polar surface area (TPSA) is 72.2 Å². The van der Waals surface area contributed by atoms with E-state index in [2.05, 4.69) is 11.3 Å². The van der Waals surface area contributed by atoms with Crippen LogP contribution in [0.2, 0.25) is 5.02 Å². The minimum atomic E-state index is -3.98. The van der Waals surface area contributed by atoms with E-state index in [1.807, 2.05) is 0 Å². The number of anilines is 1. The van der Waals surface area contributed by atoms with E-state index in [9.17, 15) is 12.8 Å². The van der Waals surface area contributed by atoms with Crippen LogP contribution in [-0.2, 0) is 10.0 Å². The Morgan fingerprint density at radius 1 is 1.59 bits per heavy atom. The quantitative estimate of drug-likeness (QED) is 0.653. The summed E-state index contributed by atoms with van der Waals surface area (Å²) in [6.45, 7) is 5.20. The van der Waals surface area contributed by atoms with Gasteiger partial charge in [0.2, 0.25) is 10.0 Å². The van der Waals surface area contributed by atoms with Gasteiger partial charge < -0.3 is 5.73 Å². The minimum absolute atomic E-state index is 0.0220. The van der Waals surface area contributed by atoms with Gasteiger partial charge in [-0.2, -0.15) is 0 Å². The summed E-state index contributed by atoms with van der Waals surface area (Å²) >= 11 is 5.52. The molecule has 0 radical (unpaired) electrons. The second kappa shape index (κ2) is 5.03. The molecule has 0 aliphatic carbocycles. The lowest BCUT2D eigenvalue weighted by Gasteiger charge is -2.09. The highest BCUT2D eigenvalue weighted by Crippen LogP contribution is 2.25. The van der Waals surface area contributed by atoms with Crippen molar-refractivity contribution < 1.29 is 12.8 Å². The molecule has 0 amide bonds. The molecule has 0 aliphatic heterocycles. The standard InChI is InChI=1S/C10H12ClFN2O2S/c1-6(2)5-14-17(15,16)9-4-7(13)3-8(11)10(9)12/h3-4,14H,1,5,13H2,2H3. The van der Waals surface area contributed by atoms with Gasteiger partial charge in [-0.25, -0.2) is 17.5 Å². The molecule has 17 heavy (non-hydrogen) atoms. The van der Waals surface area contributed by atoms with Gasteiger partial charge in [-0.15, -0.1) is 0 Å². The molecule has 0 saturated heterocycles. The van der Waals surface area contributed by atoms with Gasteiger partial charge in [0.05, 0.1) is 5.02 Å². The summed E-state index contributed by atoms with van der Waals surface area (Å²) in [5.41, 5.74) is 6.10. The van der Waals surface area contributed by atoms with E-state index in [1.54, 1.807) is 6.92 Å². The molecule has 1 aromatic carbocycles. The molecule has 0 aromatic heterocycles. The Morgan fingerprint density at radius 2 is 2.18 bits per heavy atom. The van der Waals surface area contributed by atoms with Gasteiger partial charge in [0, 0.05) is 12.2 Å². The van der Waals surface area contributed by atoms with Crippen LogP contribution in [0.1, 0.15) is 6.92 Å². The van der Waals surface area contributed by atoms with Gasteiger partial charge in [0.1, 0.15) is 4.90 Å². The van der Waals surface area contributed by atoms with Crippen molar-refractivity contribution in [2.24, 2.45) is 0 Å². The van der Waals surface area contributed by atoms with Gasteiger partial charge in [-0.1, -0.05) is 23.8 Å². The second-order valence-corrected chi connectivity index (χ2v) is 5.74. The summed E-state index contributed by atoms with van der Waals surface area (Å²) in [5, 5.41) is -0.333. The van der Waals surface area contributed by atoms with Gasteiger partial charge in [-0.3, -0.25) is 0 Å². The zero-order chi connectivity index (χ0) is 13.2. The molecule has 0 fully saturated rings. The number of halogens is 2. The Morgan fingerprint density at radius 3 is 2.71 bits per heavy atom. The molecular formula is C10H12ClFN2O2S. The molecule has 0 spiro atoms.